The van der Waals surface area contributed by atoms with Gasteiger partial charge in [-0.3, -0.25) is 0 Å². The fourth-order valence-electron chi connectivity index (χ4n) is 2.46. The zero-order valence-corrected chi connectivity index (χ0v) is 10.3. The Kier molecular flexibility index (Phi) is 6.26. The summed E-state index contributed by atoms with van der Waals surface area (Å²) in [6.07, 6.45) is 9.83. The molecule has 0 amide bonds. The molecule has 15 heavy (non-hydrogen) atoms. The van der Waals surface area contributed by atoms with Crippen LogP contribution in [-0.2, 0) is 0 Å². The van der Waals surface area contributed by atoms with Crippen LogP contribution >= 0.6 is 0 Å². The number of nitrogens with one attached hydrogen (secondary N) is 1. The molecule has 0 radical (unpaired) electrons. The van der Waals surface area contributed by atoms with Crippen LogP contribution in [0, 0.1) is 0 Å². The van der Waals surface area contributed by atoms with E-state index < -0.39 is 0 Å². The highest BCUT2D eigenvalue weighted by Gasteiger charge is 2.25. The molecule has 0 aromatic heterocycles. The maximum atomic E-state index is 9.68. The zero-order chi connectivity index (χ0) is 11.1. The number of aliphatic hydroxyl groups excluding tert-OH is 1. The minimum absolute atomic E-state index is 0.0944. The van der Waals surface area contributed by atoms with Crippen molar-refractivity contribution in [1.82, 2.24) is 5.32 Å². The Labute approximate surface area is 94.5 Å². The average Bonchev–Trinajstić information content (AvgIpc) is 2.59. The van der Waals surface area contributed by atoms with Gasteiger partial charge < -0.3 is 10.4 Å². The average molecular weight is 213 g/mol. The minimum Gasteiger partial charge on any atom is -0.392 e. The van der Waals surface area contributed by atoms with E-state index in [1.807, 2.05) is 0 Å². The molecule has 2 heteroatoms. The van der Waals surface area contributed by atoms with Crippen molar-refractivity contribution in [3.05, 3.63) is 0 Å². The van der Waals surface area contributed by atoms with Gasteiger partial charge in [0.1, 0.15) is 0 Å². The van der Waals surface area contributed by atoms with E-state index in [1.165, 1.54) is 38.5 Å². The summed E-state index contributed by atoms with van der Waals surface area (Å²) in [5.74, 6) is 0. The van der Waals surface area contributed by atoms with E-state index in [9.17, 15) is 5.11 Å². The second-order valence-corrected chi connectivity index (χ2v) is 5.02. The Morgan fingerprint density at radius 1 is 1.27 bits per heavy atom. The van der Waals surface area contributed by atoms with Crippen molar-refractivity contribution in [3.8, 4) is 0 Å². The smallest absolute Gasteiger partial charge is 0.0693 e. The predicted molar refractivity (Wildman–Crippen MR) is 65.0 cm³/mol. The first-order valence-corrected chi connectivity index (χ1v) is 6.68. The van der Waals surface area contributed by atoms with E-state index >= 15 is 0 Å². The molecule has 0 bridgehead atoms. The summed E-state index contributed by atoms with van der Waals surface area (Å²) >= 11 is 0. The highest BCUT2D eigenvalue weighted by Crippen LogP contribution is 2.19. The lowest BCUT2D eigenvalue weighted by Crippen LogP contribution is -2.41. The Hall–Kier alpha value is -0.0800. The van der Waals surface area contributed by atoms with Gasteiger partial charge in [0.2, 0.25) is 0 Å². The van der Waals surface area contributed by atoms with Gasteiger partial charge in [-0.1, -0.05) is 32.6 Å². The summed E-state index contributed by atoms with van der Waals surface area (Å²) in [7, 11) is 0. The Morgan fingerprint density at radius 3 is 2.67 bits per heavy atom. The van der Waals surface area contributed by atoms with Gasteiger partial charge in [-0.2, -0.15) is 0 Å². The third-order valence-electron chi connectivity index (χ3n) is 3.47. The van der Waals surface area contributed by atoms with Crippen molar-refractivity contribution in [1.29, 1.82) is 0 Å². The minimum atomic E-state index is -0.0944. The van der Waals surface area contributed by atoms with E-state index in [1.54, 1.807) is 0 Å². The number of unbranched alkanes of at least 4 members (excludes halogenated alkanes) is 3. The maximum absolute atomic E-state index is 9.68. The first-order chi connectivity index (χ1) is 7.24. The molecule has 2 N–H and O–H groups in total. The molecule has 1 unspecified atom stereocenters. The summed E-state index contributed by atoms with van der Waals surface area (Å²) in [6.45, 7) is 4.49. The number of hydrogen-bond donors (Lipinski definition) is 2. The Morgan fingerprint density at radius 2 is 2.07 bits per heavy atom. The van der Waals surface area contributed by atoms with Gasteiger partial charge in [0.15, 0.2) is 0 Å². The summed E-state index contributed by atoms with van der Waals surface area (Å²) in [5, 5.41) is 13.2. The first-order valence-electron chi connectivity index (χ1n) is 6.68. The maximum Gasteiger partial charge on any atom is 0.0693 e. The largest absolute Gasteiger partial charge is 0.392 e. The van der Waals surface area contributed by atoms with Crippen LogP contribution in [0.4, 0.5) is 0 Å². The lowest BCUT2D eigenvalue weighted by molar-refractivity contribution is 0.143. The fraction of sp³-hybridized carbons (Fsp3) is 1.00. The van der Waals surface area contributed by atoms with E-state index in [0.29, 0.717) is 12.1 Å². The molecule has 0 heterocycles. The standard InChI is InChI=1S/C13H27NO/c1-3-4-5-6-8-11(2)14-12-9-7-10-13(12)15/h11-15H,3-10H2,1-2H3/t11?,12-,13-/m0/s1. The van der Waals surface area contributed by atoms with Gasteiger partial charge in [-0.05, 0) is 32.6 Å². The molecule has 1 saturated carbocycles. The third kappa shape index (κ3) is 4.98. The zero-order valence-electron chi connectivity index (χ0n) is 10.3. The normalized spacial score (nSPS) is 28.2. The summed E-state index contributed by atoms with van der Waals surface area (Å²) < 4.78 is 0. The molecule has 1 fully saturated rings. The second-order valence-electron chi connectivity index (χ2n) is 5.02. The van der Waals surface area contributed by atoms with Gasteiger partial charge in [-0.15, -0.1) is 0 Å². The molecule has 0 spiro atoms. The highest BCUT2D eigenvalue weighted by molar-refractivity contribution is 4.84. The first kappa shape index (κ1) is 13.0. The van der Waals surface area contributed by atoms with Crippen molar-refractivity contribution in [3.63, 3.8) is 0 Å². The van der Waals surface area contributed by atoms with Crippen LogP contribution in [0.5, 0.6) is 0 Å². The topological polar surface area (TPSA) is 32.3 Å². The van der Waals surface area contributed by atoms with Crippen LogP contribution < -0.4 is 5.32 Å². The lowest BCUT2D eigenvalue weighted by atomic mass is 10.1. The molecule has 0 aromatic rings. The van der Waals surface area contributed by atoms with Crippen LogP contribution in [-0.4, -0.2) is 23.3 Å². The van der Waals surface area contributed by atoms with Gasteiger partial charge in [0.05, 0.1) is 6.10 Å². The molecule has 0 aliphatic heterocycles. The third-order valence-corrected chi connectivity index (χ3v) is 3.47. The molecule has 1 aliphatic rings. The molecular weight excluding hydrogens is 186 g/mol. The van der Waals surface area contributed by atoms with Crippen LogP contribution in [0.15, 0.2) is 0 Å². The second kappa shape index (κ2) is 7.24. The van der Waals surface area contributed by atoms with Crippen LogP contribution in [0.1, 0.15) is 65.2 Å². The number of rotatable bonds is 7. The molecule has 1 rings (SSSR count). The van der Waals surface area contributed by atoms with Gasteiger partial charge in [0, 0.05) is 12.1 Å². The van der Waals surface area contributed by atoms with Crippen LogP contribution in [0.25, 0.3) is 0 Å². The SMILES string of the molecule is CCCCCCC(C)N[C@H]1CCC[C@@H]1O. The van der Waals surface area contributed by atoms with Crippen molar-refractivity contribution in [2.75, 3.05) is 0 Å². The molecule has 0 saturated heterocycles. The van der Waals surface area contributed by atoms with Crippen LogP contribution in [0.3, 0.4) is 0 Å². The van der Waals surface area contributed by atoms with Crippen molar-refractivity contribution in [2.24, 2.45) is 0 Å². The van der Waals surface area contributed by atoms with Crippen LogP contribution in [0.2, 0.25) is 0 Å². The quantitative estimate of drug-likeness (QED) is 0.637. The van der Waals surface area contributed by atoms with Crippen molar-refractivity contribution >= 4 is 0 Å². The van der Waals surface area contributed by atoms with Crippen molar-refractivity contribution in [2.45, 2.75) is 83.4 Å². The van der Waals surface area contributed by atoms with E-state index in [4.69, 9.17) is 0 Å². The summed E-state index contributed by atoms with van der Waals surface area (Å²) in [4.78, 5) is 0. The molecule has 2 nitrogen and oxygen atoms in total. The Bertz CT molecular complexity index is 161. The molecule has 1 aliphatic carbocycles. The lowest BCUT2D eigenvalue weighted by Gasteiger charge is -2.22. The Balaban J connectivity index is 2.04. The van der Waals surface area contributed by atoms with Gasteiger partial charge >= 0.3 is 0 Å². The molecule has 0 aromatic carbocycles. The summed E-state index contributed by atoms with van der Waals surface area (Å²) in [5.41, 5.74) is 0. The van der Waals surface area contributed by atoms with E-state index in [-0.39, 0.29) is 6.10 Å². The monoisotopic (exact) mass is 213 g/mol. The number of aliphatic hydroxyl groups is 1. The van der Waals surface area contributed by atoms with Gasteiger partial charge in [0.25, 0.3) is 0 Å². The fourth-order valence-corrected chi connectivity index (χ4v) is 2.46. The molecule has 90 valence electrons. The predicted octanol–water partition coefficient (Wildman–Crippen LogP) is 2.85. The molecule has 3 atom stereocenters. The molecular formula is C13H27NO. The van der Waals surface area contributed by atoms with E-state index in [2.05, 4.69) is 19.2 Å². The van der Waals surface area contributed by atoms with Crippen molar-refractivity contribution < 1.29 is 5.11 Å². The summed E-state index contributed by atoms with van der Waals surface area (Å²) in [6, 6.07) is 0.936. The van der Waals surface area contributed by atoms with E-state index in [0.717, 1.165) is 12.8 Å². The number of hydrogen-bond acceptors (Lipinski definition) is 2. The van der Waals surface area contributed by atoms with Gasteiger partial charge in [-0.25, -0.2) is 0 Å². The highest BCUT2D eigenvalue weighted by atomic mass is 16.3.